The summed E-state index contributed by atoms with van der Waals surface area (Å²) in [6.45, 7) is 7.39. The molecule has 20 heteroatoms. The number of fused-ring (bicyclic) bond motifs is 2. The van der Waals surface area contributed by atoms with Crippen molar-refractivity contribution >= 4 is 51.2 Å². The highest BCUT2D eigenvalue weighted by molar-refractivity contribution is 6.00. The lowest BCUT2D eigenvalue weighted by Crippen LogP contribution is -2.48. The first-order chi connectivity index (χ1) is 33.4. The largest absolute Gasteiger partial charge is 0.416 e. The van der Waals surface area contributed by atoms with E-state index in [0.717, 1.165) is 93.1 Å². The summed E-state index contributed by atoms with van der Waals surface area (Å²) in [4.78, 5) is 54.0. The summed E-state index contributed by atoms with van der Waals surface area (Å²) in [6.07, 6.45) is -1.72. The normalized spacial score (nSPS) is 21.5. The van der Waals surface area contributed by atoms with Crippen molar-refractivity contribution in [3.05, 3.63) is 100 Å². The number of benzene rings is 3. The summed E-state index contributed by atoms with van der Waals surface area (Å²) in [7, 11) is 1.71. The number of imide groups is 1. The molecule has 6 heterocycles. The summed E-state index contributed by atoms with van der Waals surface area (Å²) in [5.74, 6) is -0.322. The average Bonchev–Trinajstić information content (AvgIpc) is 3.83. The third-order valence-corrected chi connectivity index (χ3v) is 14.7. The van der Waals surface area contributed by atoms with Crippen LogP contribution < -0.4 is 21.2 Å². The van der Waals surface area contributed by atoms with Gasteiger partial charge >= 0.3 is 18.0 Å². The van der Waals surface area contributed by atoms with Crippen LogP contribution >= 0.6 is 0 Å². The topological polar surface area (TPSA) is 146 Å². The Hall–Kier alpha value is -6.25. The van der Waals surface area contributed by atoms with E-state index in [1.165, 1.54) is 4.57 Å². The lowest BCUT2D eigenvalue weighted by atomic mass is 9.93. The van der Waals surface area contributed by atoms with Crippen LogP contribution in [0.25, 0.3) is 33.2 Å². The van der Waals surface area contributed by atoms with E-state index >= 15 is 0 Å². The average molecular weight is 973 g/mol. The summed E-state index contributed by atoms with van der Waals surface area (Å²) in [5, 5.41) is 15.9. The van der Waals surface area contributed by atoms with Crippen molar-refractivity contribution in [3.63, 3.8) is 0 Å². The number of piperidine rings is 2. The molecule has 70 heavy (non-hydrogen) atoms. The molecule has 6 aromatic rings. The summed E-state index contributed by atoms with van der Waals surface area (Å²) >= 11 is 0. The van der Waals surface area contributed by atoms with Crippen molar-refractivity contribution in [3.8, 4) is 11.1 Å². The molecule has 2 amide bonds. The van der Waals surface area contributed by atoms with Gasteiger partial charge in [-0.3, -0.25) is 33.8 Å². The number of imidazole rings is 1. The maximum atomic E-state index is 13.6. The van der Waals surface area contributed by atoms with Gasteiger partial charge in [-0.05, 0) is 111 Å². The summed E-state index contributed by atoms with van der Waals surface area (Å²) < 4.78 is 86.8. The van der Waals surface area contributed by atoms with E-state index in [1.807, 2.05) is 29.0 Å². The Bertz CT molecular complexity index is 2940. The van der Waals surface area contributed by atoms with Crippen LogP contribution in [0.2, 0.25) is 0 Å². The first-order valence-corrected chi connectivity index (χ1v) is 23.9. The fourth-order valence-electron chi connectivity index (χ4n) is 10.8. The standard InChI is InChI=1S/C50H54F6N10O4/c1-61-43-25-37(8-11-41(43)66(48(61)70)42-12-13-44(68)59-46(42)69)64-20-18-63(19-21-64)28-31-14-16-62(17-15-31)27-30-2-4-32(5-3-30)40-29-65(36-6-9-38(67)10-7-36)45-39(40)26-57-47(60-45)58-35-23-33(49(51,52)53)22-34(24-35)50(54,55)56/h2-5,8,11,22-26,29,31,36,38,42,67H,6-7,9-10,12-21,27-28H2,1H3,(H,57,58,60)(H,59,68,69). The Kier molecular flexibility index (Phi) is 12.8. The van der Waals surface area contributed by atoms with Crippen LogP contribution in [0, 0.1) is 5.92 Å². The van der Waals surface area contributed by atoms with Gasteiger partial charge in [-0.25, -0.2) is 9.78 Å². The number of carbonyl (C=O) groups excluding carboxylic acids is 2. The molecule has 1 unspecified atom stereocenters. The van der Waals surface area contributed by atoms with Gasteiger partial charge in [-0.2, -0.15) is 31.3 Å². The Morgan fingerprint density at radius 3 is 2.11 bits per heavy atom. The Morgan fingerprint density at radius 1 is 0.771 bits per heavy atom. The Labute approximate surface area is 398 Å². The maximum absolute atomic E-state index is 13.6. The molecule has 4 aliphatic rings. The van der Waals surface area contributed by atoms with E-state index < -0.39 is 47.2 Å². The van der Waals surface area contributed by atoms with Crippen LogP contribution in [0.15, 0.2) is 77.9 Å². The van der Waals surface area contributed by atoms with Gasteiger partial charge in [0.25, 0.3) is 0 Å². The number of nitrogens with zero attached hydrogens (tertiary/aromatic N) is 8. The number of hydrogen-bond acceptors (Lipinski definition) is 10. The van der Waals surface area contributed by atoms with Crippen molar-refractivity contribution in [1.82, 2.24) is 38.8 Å². The monoisotopic (exact) mass is 972 g/mol. The number of likely N-dealkylation sites (tertiary alicyclic amines) is 1. The highest BCUT2D eigenvalue weighted by atomic mass is 19.4. The number of anilines is 3. The molecule has 1 saturated carbocycles. The third kappa shape index (κ3) is 9.77. The molecule has 0 radical (unpaired) electrons. The Balaban J connectivity index is 0.758. The van der Waals surface area contributed by atoms with Crippen LogP contribution in [-0.4, -0.2) is 102 Å². The molecular weight excluding hydrogens is 919 g/mol. The highest BCUT2D eigenvalue weighted by Gasteiger charge is 2.38. The van der Waals surface area contributed by atoms with Gasteiger partial charge in [0.1, 0.15) is 11.7 Å². The van der Waals surface area contributed by atoms with Crippen molar-refractivity contribution in [2.24, 2.45) is 13.0 Å². The Morgan fingerprint density at radius 2 is 1.46 bits per heavy atom. The minimum Gasteiger partial charge on any atom is -0.393 e. The first kappa shape index (κ1) is 47.4. The smallest absolute Gasteiger partial charge is 0.393 e. The SMILES string of the molecule is Cn1c(=O)n(C2CCC(=O)NC2=O)c2ccc(N3CCN(CC4CCN(Cc5ccc(-c6cn(C7CCC(O)CC7)c7nc(Nc8cc(C(F)(F)F)cc(C(F)(F)F)c8)ncc67)cc5)CC4)CC3)cc21. The van der Waals surface area contributed by atoms with Gasteiger partial charge in [0.05, 0.1) is 28.3 Å². The van der Waals surface area contributed by atoms with Crippen LogP contribution in [0.3, 0.4) is 0 Å². The molecule has 370 valence electrons. The van der Waals surface area contributed by atoms with Crippen molar-refractivity contribution in [2.45, 2.75) is 88.5 Å². The van der Waals surface area contributed by atoms with Gasteiger partial charge in [0.15, 0.2) is 0 Å². The number of amides is 2. The van der Waals surface area contributed by atoms with Crippen LogP contribution in [-0.2, 0) is 35.5 Å². The van der Waals surface area contributed by atoms with Gasteiger partial charge in [-0.1, -0.05) is 24.3 Å². The molecule has 3 aromatic heterocycles. The van der Waals surface area contributed by atoms with E-state index in [2.05, 4.69) is 59.6 Å². The number of aliphatic hydroxyl groups excluding tert-OH is 1. The first-order valence-electron chi connectivity index (χ1n) is 23.9. The van der Waals surface area contributed by atoms with Crippen LogP contribution in [0.5, 0.6) is 0 Å². The molecule has 1 atom stereocenters. The number of halogens is 6. The fraction of sp³-hybridized carbons (Fsp3) is 0.460. The fourth-order valence-corrected chi connectivity index (χ4v) is 10.8. The zero-order chi connectivity index (χ0) is 49.1. The van der Waals surface area contributed by atoms with Gasteiger partial charge in [0.2, 0.25) is 17.8 Å². The predicted molar refractivity (Wildman–Crippen MR) is 251 cm³/mol. The van der Waals surface area contributed by atoms with E-state index in [9.17, 15) is 45.8 Å². The number of alkyl halides is 6. The second kappa shape index (κ2) is 18.8. The number of hydrogen-bond donors (Lipinski definition) is 3. The minimum absolute atomic E-state index is 0.0328. The van der Waals surface area contributed by atoms with Gasteiger partial charge in [-0.15, -0.1) is 0 Å². The minimum atomic E-state index is -5.00. The van der Waals surface area contributed by atoms with E-state index in [0.29, 0.717) is 66.7 Å². The molecule has 0 bridgehead atoms. The van der Waals surface area contributed by atoms with Crippen LogP contribution in [0.1, 0.15) is 80.1 Å². The number of nitrogens with one attached hydrogen (secondary N) is 2. The van der Waals surface area contributed by atoms with Crippen molar-refractivity contribution in [2.75, 3.05) is 56.0 Å². The number of aromatic nitrogens is 5. The third-order valence-electron chi connectivity index (χ3n) is 14.7. The molecule has 3 saturated heterocycles. The maximum Gasteiger partial charge on any atom is 0.416 e. The summed E-state index contributed by atoms with van der Waals surface area (Å²) in [6, 6.07) is 14.8. The van der Waals surface area contributed by atoms with E-state index in [4.69, 9.17) is 0 Å². The molecule has 14 nitrogen and oxygen atoms in total. The molecule has 3 aromatic carbocycles. The van der Waals surface area contributed by atoms with Crippen molar-refractivity contribution < 1.29 is 41.0 Å². The lowest BCUT2D eigenvalue weighted by molar-refractivity contribution is -0.143. The number of aryl methyl sites for hydroxylation is 1. The number of piperazine rings is 1. The van der Waals surface area contributed by atoms with Crippen molar-refractivity contribution in [1.29, 1.82) is 0 Å². The second-order valence-corrected chi connectivity index (χ2v) is 19.3. The molecule has 10 rings (SSSR count). The number of carbonyl (C=O) groups is 2. The van der Waals surface area contributed by atoms with Gasteiger partial charge < -0.3 is 19.9 Å². The lowest BCUT2D eigenvalue weighted by Gasteiger charge is -2.39. The molecule has 4 fully saturated rings. The second-order valence-electron chi connectivity index (χ2n) is 19.3. The van der Waals surface area contributed by atoms with Crippen LogP contribution in [0.4, 0.5) is 43.7 Å². The predicted octanol–water partition coefficient (Wildman–Crippen LogP) is 8.02. The molecule has 0 spiro atoms. The molecular formula is C50H54F6N10O4. The number of rotatable bonds is 10. The molecule has 1 aliphatic carbocycles. The zero-order valence-corrected chi connectivity index (χ0v) is 38.6. The van der Waals surface area contributed by atoms with Gasteiger partial charge in [0, 0.05) is 93.5 Å². The zero-order valence-electron chi connectivity index (χ0n) is 38.6. The van der Waals surface area contributed by atoms with E-state index in [1.54, 1.807) is 17.8 Å². The summed E-state index contributed by atoms with van der Waals surface area (Å²) in [5.41, 5.74) is 2.25. The molecule has 3 aliphatic heterocycles. The number of aliphatic hydroxyl groups is 1. The molecule has 3 N–H and O–H groups in total. The highest BCUT2D eigenvalue weighted by Crippen LogP contribution is 2.40. The quantitative estimate of drug-likeness (QED) is 0.0912. The van der Waals surface area contributed by atoms with E-state index in [-0.39, 0.29) is 36.1 Å².